The maximum absolute atomic E-state index is 10.9. The largest absolute Gasteiger partial charge is 0.478 e. The first-order valence-corrected chi connectivity index (χ1v) is 6.24. The van der Waals surface area contributed by atoms with E-state index in [9.17, 15) is 14.8 Å². The van der Waals surface area contributed by atoms with Crippen LogP contribution in [0.4, 0.5) is 11.4 Å². The third kappa shape index (κ3) is 3.53. The number of rotatable bonds is 6. The molecule has 0 radical (unpaired) electrons. The van der Waals surface area contributed by atoms with Crippen molar-refractivity contribution in [2.75, 3.05) is 5.01 Å². The van der Waals surface area contributed by atoms with Crippen LogP contribution in [0.1, 0.15) is 10.4 Å². The summed E-state index contributed by atoms with van der Waals surface area (Å²) >= 11 is 0. The van der Waals surface area contributed by atoms with Crippen LogP contribution in [0.25, 0.3) is 0 Å². The minimum Gasteiger partial charge on any atom is -0.478 e. The molecule has 2 aromatic carbocycles. The van der Waals surface area contributed by atoms with Crippen molar-refractivity contribution in [3.8, 4) is 5.75 Å². The predicted molar refractivity (Wildman–Crippen MR) is 74.9 cm³/mol. The Kier molecular flexibility index (Phi) is 4.72. The van der Waals surface area contributed by atoms with Crippen molar-refractivity contribution in [3.63, 3.8) is 0 Å². The molecule has 0 saturated heterocycles. The Hall–Kier alpha value is -3.62. The summed E-state index contributed by atoms with van der Waals surface area (Å²) in [6.45, 7) is 0.277. The highest BCUT2D eigenvalue weighted by atomic mass is 16.6. The lowest BCUT2D eigenvalue weighted by Crippen LogP contribution is -2.27. The van der Waals surface area contributed by atoms with Crippen LogP contribution in [0.3, 0.4) is 0 Å². The lowest BCUT2D eigenvalue weighted by atomic mass is 10.2. The number of ether oxygens (including phenoxy) is 1. The third-order valence-electron chi connectivity index (χ3n) is 2.88. The van der Waals surface area contributed by atoms with E-state index >= 15 is 0 Å². The van der Waals surface area contributed by atoms with Crippen LogP contribution in [0.5, 0.6) is 5.75 Å². The molecular formula is C14H12N3O6+. The molecule has 0 aliphatic heterocycles. The molecule has 0 amide bonds. The minimum atomic E-state index is -1.09. The highest BCUT2D eigenvalue weighted by Gasteiger charge is 2.24. The molecular weight excluding hydrogens is 306 g/mol. The minimum absolute atomic E-state index is 0.0638. The van der Waals surface area contributed by atoms with Crippen molar-refractivity contribution < 1.29 is 34.8 Å². The molecule has 2 aromatic rings. The highest BCUT2D eigenvalue weighted by Crippen LogP contribution is 2.27. The normalized spacial score (nSPS) is 10.9. The van der Waals surface area contributed by atoms with Crippen LogP contribution < -0.4 is 9.75 Å². The number of nitrogens with zero attached hydrogens (tertiary/aromatic N) is 3. The van der Waals surface area contributed by atoms with Crippen molar-refractivity contribution in [1.82, 2.24) is 0 Å². The first-order chi connectivity index (χ1) is 11.1. The van der Waals surface area contributed by atoms with Crippen molar-refractivity contribution in [1.29, 1.82) is 0 Å². The van der Waals surface area contributed by atoms with Crippen LogP contribution in [0.2, 0.25) is 0 Å². The topological polar surface area (TPSA) is 123 Å². The van der Waals surface area contributed by atoms with Crippen molar-refractivity contribution in [3.05, 3.63) is 54.1 Å². The summed E-state index contributed by atoms with van der Waals surface area (Å²) in [6.07, 6.45) is 0. The Labute approximate surface area is 129 Å². The molecule has 23 heavy (non-hydrogen) atoms. The summed E-state index contributed by atoms with van der Waals surface area (Å²) in [5.41, 5.74) is 0.764. The number of hydrogen-bond acceptors (Lipinski definition) is 4. The first kappa shape index (κ1) is 15.8. The van der Waals surface area contributed by atoms with Gasteiger partial charge >= 0.3 is 5.97 Å². The van der Waals surface area contributed by atoms with Crippen LogP contribution in [0, 0.1) is 0 Å². The monoisotopic (exact) mass is 318 g/mol. The van der Waals surface area contributed by atoms with Gasteiger partial charge in [0.1, 0.15) is 17.1 Å². The van der Waals surface area contributed by atoms with Gasteiger partial charge < -0.3 is 15.1 Å². The lowest BCUT2D eigenvalue weighted by Gasteiger charge is -2.12. The molecule has 0 heterocycles. The number of carboxylic acid groups (broad SMARTS) is 1. The van der Waals surface area contributed by atoms with Gasteiger partial charge in [-0.15, -0.1) is 0 Å². The Bertz CT molecular complexity index is 727. The molecule has 0 atom stereocenters. The second-order valence-electron chi connectivity index (χ2n) is 4.23. The van der Waals surface area contributed by atoms with Crippen LogP contribution in [-0.2, 0) is 4.79 Å². The molecule has 0 aliphatic rings. The second-order valence-corrected chi connectivity index (χ2v) is 4.23. The molecule has 0 saturated carbocycles. The molecule has 0 fully saturated rings. The zero-order valence-corrected chi connectivity index (χ0v) is 11.6. The molecule has 0 bridgehead atoms. The number of carbonyl (C=O) groups is 2. The number of carbonyl (C=O) groups excluding carboxylic acids is 1. The summed E-state index contributed by atoms with van der Waals surface area (Å²) < 4.78 is 4.66. The molecule has 0 spiro atoms. The van der Waals surface area contributed by atoms with Crippen LogP contribution in [-0.4, -0.2) is 32.9 Å². The van der Waals surface area contributed by atoms with Gasteiger partial charge in [0.05, 0.1) is 5.56 Å². The molecule has 0 aromatic heterocycles. The Morgan fingerprint density at radius 2 is 1.61 bits per heavy atom. The summed E-state index contributed by atoms with van der Waals surface area (Å²) in [7, 11) is 0. The van der Waals surface area contributed by atoms with E-state index in [0.29, 0.717) is 11.4 Å². The SMILES string of the molecule is O=COc1ccc(N(c2ccc(C(=O)O)cc2)[N+](O)=NO)cc1. The van der Waals surface area contributed by atoms with Gasteiger partial charge in [0, 0.05) is 0 Å². The molecule has 0 aliphatic carbocycles. The zero-order chi connectivity index (χ0) is 16.8. The highest BCUT2D eigenvalue weighted by molar-refractivity contribution is 5.88. The number of anilines is 2. The summed E-state index contributed by atoms with van der Waals surface area (Å²) in [4.78, 5) is 21.3. The van der Waals surface area contributed by atoms with E-state index in [0.717, 1.165) is 5.01 Å². The number of carboxylic acids is 1. The van der Waals surface area contributed by atoms with E-state index in [1.807, 2.05) is 0 Å². The summed E-state index contributed by atoms with van der Waals surface area (Å²) in [5.74, 6) is -0.804. The third-order valence-corrected chi connectivity index (χ3v) is 2.88. The maximum atomic E-state index is 10.9. The van der Waals surface area contributed by atoms with Crippen molar-refractivity contribution in [2.45, 2.75) is 0 Å². The van der Waals surface area contributed by atoms with Gasteiger partial charge in [-0.1, -0.05) is 0 Å². The van der Waals surface area contributed by atoms with E-state index in [1.165, 1.54) is 48.5 Å². The van der Waals surface area contributed by atoms with E-state index in [4.69, 9.17) is 10.3 Å². The molecule has 9 nitrogen and oxygen atoms in total. The van der Waals surface area contributed by atoms with E-state index in [-0.39, 0.29) is 22.8 Å². The van der Waals surface area contributed by atoms with Gasteiger partial charge in [-0.25, -0.2) is 10.0 Å². The molecule has 118 valence electrons. The van der Waals surface area contributed by atoms with Gasteiger partial charge in [-0.2, -0.15) is 0 Å². The smallest absolute Gasteiger partial charge is 0.335 e. The predicted octanol–water partition coefficient (Wildman–Crippen LogP) is 2.22. The van der Waals surface area contributed by atoms with Crippen LogP contribution in [0.15, 0.2) is 53.8 Å². The first-order valence-electron chi connectivity index (χ1n) is 6.24. The fourth-order valence-corrected chi connectivity index (χ4v) is 1.86. The average Bonchev–Trinajstić information content (AvgIpc) is 2.57. The molecule has 2 rings (SSSR count). The molecule has 0 unspecified atom stereocenters. The molecule has 9 heteroatoms. The Morgan fingerprint density at radius 3 is 2.04 bits per heavy atom. The fraction of sp³-hybridized carbons (Fsp3) is 0. The number of hydrogen-bond donors (Lipinski definition) is 3. The maximum Gasteiger partial charge on any atom is 0.335 e. The lowest BCUT2D eigenvalue weighted by molar-refractivity contribution is -0.838. The number of hydrazine groups is 1. The van der Waals surface area contributed by atoms with E-state index in [1.54, 1.807) is 0 Å². The summed E-state index contributed by atoms with van der Waals surface area (Å²) in [5, 5.41) is 31.2. The van der Waals surface area contributed by atoms with Gasteiger partial charge in [-0.05, 0) is 53.5 Å². The van der Waals surface area contributed by atoms with E-state index in [2.05, 4.69) is 10.0 Å². The second kappa shape index (κ2) is 6.89. The van der Waals surface area contributed by atoms with Crippen LogP contribution >= 0.6 is 0 Å². The zero-order valence-electron chi connectivity index (χ0n) is 11.6. The summed E-state index contributed by atoms with van der Waals surface area (Å²) in [6, 6.07) is 11.4. The standard InChI is InChI=1S/C14H11N3O6/c18-9-23-13-7-5-12(6-8-13)16(17(22)15-21)11-3-1-10(2-4-11)14(19)20/h1-9,22H,(H,19,20)/p+1. The average molecular weight is 318 g/mol. The van der Waals surface area contributed by atoms with Gasteiger partial charge in [0.25, 0.3) is 16.7 Å². The number of benzene rings is 2. The Morgan fingerprint density at radius 1 is 1.09 bits per heavy atom. The Balaban J connectivity index is 2.40. The van der Waals surface area contributed by atoms with Gasteiger partial charge in [0.15, 0.2) is 0 Å². The van der Waals surface area contributed by atoms with Gasteiger partial charge in [0.2, 0.25) is 0 Å². The van der Waals surface area contributed by atoms with E-state index < -0.39 is 5.97 Å². The quantitative estimate of drug-likeness (QED) is 0.323. The van der Waals surface area contributed by atoms with Crippen molar-refractivity contribution in [2.24, 2.45) is 5.28 Å². The number of aromatic carboxylic acids is 1. The molecule has 3 N–H and O–H groups in total. The fourth-order valence-electron chi connectivity index (χ4n) is 1.86. The van der Waals surface area contributed by atoms with Crippen molar-refractivity contribution >= 4 is 23.8 Å². The van der Waals surface area contributed by atoms with Gasteiger partial charge in [-0.3, -0.25) is 4.79 Å².